The van der Waals surface area contributed by atoms with Crippen LogP contribution in [0.5, 0.6) is 0 Å². The first kappa shape index (κ1) is 18.5. The van der Waals surface area contributed by atoms with Crippen LogP contribution >= 0.6 is 0 Å². The predicted molar refractivity (Wildman–Crippen MR) is 97.2 cm³/mol. The maximum atomic E-state index is 12.6. The zero-order valence-electron chi connectivity index (χ0n) is 15.2. The summed E-state index contributed by atoms with van der Waals surface area (Å²) in [7, 11) is 1.97. The van der Waals surface area contributed by atoms with E-state index in [-0.39, 0.29) is 11.8 Å². The molecule has 2 N–H and O–H groups in total. The van der Waals surface area contributed by atoms with Crippen molar-refractivity contribution < 1.29 is 9.59 Å². The molecule has 2 amide bonds. The van der Waals surface area contributed by atoms with Crippen LogP contribution in [0.2, 0.25) is 0 Å². The number of hydrogen-bond acceptors (Lipinski definition) is 3. The second kappa shape index (κ2) is 8.29. The standard InChI is InChI=1S/C19H29N3O2/c1-13(2)11-18(23)21-17-6-5-15(12-14(17)3)19(24)22-9-7-16(20-4)8-10-22/h5-6,12-13,16,20H,7-11H2,1-4H3,(H,21,23). The van der Waals surface area contributed by atoms with Crippen LogP contribution in [0.3, 0.4) is 0 Å². The van der Waals surface area contributed by atoms with Gasteiger partial charge in [-0.1, -0.05) is 13.8 Å². The maximum Gasteiger partial charge on any atom is 0.253 e. The normalized spacial score (nSPS) is 15.6. The Morgan fingerprint density at radius 3 is 2.46 bits per heavy atom. The fourth-order valence-corrected chi connectivity index (χ4v) is 3.06. The number of nitrogens with zero attached hydrogens (tertiary/aromatic N) is 1. The summed E-state index contributed by atoms with van der Waals surface area (Å²) >= 11 is 0. The average molecular weight is 331 g/mol. The lowest BCUT2D eigenvalue weighted by Gasteiger charge is -2.32. The number of nitrogens with one attached hydrogen (secondary N) is 2. The summed E-state index contributed by atoms with van der Waals surface area (Å²) in [6, 6.07) is 6.03. The van der Waals surface area contributed by atoms with E-state index < -0.39 is 0 Å². The zero-order chi connectivity index (χ0) is 17.7. The van der Waals surface area contributed by atoms with E-state index in [1.54, 1.807) is 0 Å². The second-order valence-corrected chi connectivity index (χ2v) is 7.03. The molecule has 0 unspecified atom stereocenters. The highest BCUT2D eigenvalue weighted by atomic mass is 16.2. The van der Waals surface area contributed by atoms with Crippen LogP contribution in [0.1, 0.15) is 49.0 Å². The molecule has 0 aliphatic carbocycles. The predicted octanol–water partition coefficient (Wildman–Crippen LogP) is 2.80. The molecule has 0 saturated carbocycles. The number of carbonyl (C=O) groups excluding carboxylic acids is 2. The Balaban J connectivity index is 2.01. The molecule has 0 atom stereocenters. The third-order valence-corrected chi connectivity index (χ3v) is 4.53. The molecule has 5 nitrogen and oxygen atoms in total. The summed E-state index contributed by atoms with van der Waals surface area (Å²) in [4.78, 5) is 26.5. The Morgan fingerprint density at radius 1 is 1.25 bits per heavy atom. The molecule has 0 bridgehead atoms. The molecule has 1 aliphatic rings. The van der Waals surface area contributed by atoms with Gasteiger partial charge in [0.2, 0.25) is 5.91 Å². The third kappa shape index (κ3) is 4.81. The van der Waals surface area contributed by atoms with Crippen molar-refractivity contribution >= 4 is 17.5 Å². The molecule has 1 saturated heterocycles. The number of anilines is 1. The molecule has 0 radical (unpaired) electrons. The van der Waals surface area contributed by atoms with Gasteiger partial charge in [0.05, 0.1) is 0 Å². The van der Waals surface area contributed by atoms with Crippen LogP contribution in [0.15, 0.2) is 18.2 Å². The molecule has 5 heteroatoms. The fraction of sp³-hybridized carbons (Fsp3) is 0.579. The lowest BCUT2D eigenvalue weighted by molar-refractivity contribution is -0.116. The van der Waals surface area contributed by atoms with E-state index in [1.807, 2.05) is 50.9 Å². The molecule has 2 rings (SSSR count). The van der Waals surface area contributed by atoms with Crippen LogP contribution < -0.4 is 10.6 Å². The second-order valence-electron chi connectivity index (χ2n) is 7.03. The van der Waals surface area contributed by atoms with E-state index >= 15 is 0 Å². The number of rotatable bonds is 5. The van der Waals surface area contributed by atoms with Gasteiger partial charge in [0, 0.05) is 36.8 Å². The Morgan fingerprint density at radius 2 is 1.92 bits per heavy atom. The molecule has 1 aromatic rings. The van der Waals surface area contributed by atoms with Gasteiger partial charge in [0.1, 0.15) is 0 Å². The SMILES string of the molecule is CNC1CCN(C(=O)c2ccc(NC(=O)CC(C)C)c(C)c2)CC1. The van der Waals surface area contributed by atoms with Crippen LogP contribution in [0.25, 0.3) is 0 Å². The molecule has 1 heterocycles. The largest absolute Gasteiger partial charge is 0.339 e. The number of likely N-dealkylation sites (tertiary alicyclic amines) is 1. The average Bonchev–Trinajstić information content (AvgIpc) is 2.55. The minimum absolute atomic E-state index is 0.0151. The molecule has 132 valence electrons. The van der Waals surface area contributed by atoms with Crippen molar-refractivity contribution in [2.24, 2.45) is 5.92 Å². The van der Waals surface area contributed by atoms with Crippen LogP contribution in [-0.4, -0.2) is 42.9 Å². The van der Waals surface area contributed by atoms with Gasteiger partial charge in [-0.25, -0.2) is 0 Å². The van der Waals surface area contributed by atoms with Crippen molar-refractivity contribution in [3.63, 3.8) is 0 Å². The number of benzene rings is 1. The summed E-state index contributed by atoms with van der Waals surface area (Å²) in [5, 5.41) is 6.20. The van der Waals surface area contributed by atoms with Gasteiger partial charge in [-0.2, -0.15) is 0 Å². The van der Waals surface area contributed by atoms with Gasteiger partial charge in [0.25, 0.3) is 5.91 Å². The highest BCUT2D eigenvalue weighted by molar-refractivity contribution is 5.96. The summed E-state index contributed by atoms with van der Waals surface area (Å²) in [5.41, 5.74) is 2.39. The zero-order valence-corrected chi connectivity index (χ0v) is 15.2. The minimum atomic E-state index is 0.0151. The monoisotopic (exact) mass is 331 g/mol. The molecule has 0 spiro atoms. The van der Waals surface area contributed by atoms with Crippen molar-refractivity contribution in [3.8, 4) is 0 Å². The van der Waals surface area contributed by atoms with Gasteiger partial charge < -0.3 is 15.5 Å². The van der Waals surface area contributed by atoms with E-state index in [9.17, 15) is 9.59 Å². The number of carbonyl (C=O) groups is 2. The van der Waals surface area contributed by atoms with Crippen LogP contribution in [-0.2, 0) is 4.79 Å². The van der Waals surface area contributed by atoms with Crippen molar-refractivity contribution in [3.05, 3.63) is 29.3 Å². The Labute approximate surface area is 144 Å². The number of amides is 2. The summed E-state index contributed by atoms with van der Waals surface area (Å²) in [6.45, 7) is 7.54. The Hall–Kier alpha value is -1.88. The molecular weight excluding hydrogens is 302 g/mol. The van der Waals surface area contributed by atoms with Gasteiger partial charge >= 0.3 is 0 Å². The van der Waals surface area contributed by atoms with Gasteiger partial charge in [-0.15, -0.1) is 0 Å². The molecule has 1 aliphatic heterocycles. The van der Waals surface area contributed by atoms with Gasteiger partial charge in [0.15, 0.2) is 0 Å². The smallest absolute Gasteiger partial charge is 0.253 e. The van der Waals surface area contributed by atoms with Crippen molar-refractivity contribution in [1.82, 2.24) is 10.2 Å². The van der Waals surface area contributed by atoms with Crippen molar-refractivity contribution in [1.29, 1.82) is 0 Å². The van der Waals surface area contributed by atoms with Crippen LogP contribution in [0.4, 0.5) is 5.69 Å². The number of piperidine rings is 1. The van der Waals surface area contributed by atoms with Crippen LogP contribution in [0, 0.1) is 12.8 Å². The summed E-state index contributed by atoms with van der Waals surface area (Å²) < 4.78 is 0. The highest BCUT2D eigenvalue weighted by Gasteiger charge is 2.23. The van der Waals surface area contributed by atoms with E-state index in [4.69, 9.17) is 0 Å². The maximum absolute atomic E-state index is 12.6. The highest BCUT2D eigenvalue weighted by Crippen LogP contribution is 2.20. The van der Waals surface area contributed by atoms with Gasteiger partial charge in [-0.3, -0.25) is 9.59 Å². The quantitative estimate of drug-likeness (QED) is 0.872. The first-order chi connectivity index (χ1) is 11.4. The molecule has 1 fully saturated rings. The van der Waals surface area contributed by atoms with E-state index in [0.29, 0.717) is 23.9 Å². The molecule has 1 aromatic carbocycles. The van der Waals surface area contributed by atoms with E-state index in [1.165, 1.54) is 0 Å². The minimum Gasteiger partial charge on any atom is -0.339 e. The topological polar surface area (TPSA) is 61.4 Å². The molecule has 0 aromatic heterocycles. The Kier molecular flexibility index (Phi) is 6.37. The van der Waals surface area contributed by atoms with Gasteiger partial charge in [-0.05, 0) is 56.5 Å². The first-order valence-electron chi connectivity index (χ1n) is 8.77. The van der Waals surface area contributed by atoms with Crippen molar-refractivity contribution in [2.45, 2.75) is 46.1 Å². The lowest BCUT2D eigenvalue weighted by Crippen LogP contribution is -2.43. The number of aryl methyl sites for hydroxylation is 1. The molecular formula is C19H29N3O2. The summed E-state index contributed by atoms with van der Waals surface area (Å²) in [5.74, 6) is 0.417. The number of hydrogen-bond donors (Lipinski definition) is 2. The third-order valence-electron chi connectivity index (χ3n) is 4.53. The fourth-order valence-electron chi connectivity index (χ4n) is 3.06. The van der Waals surface area contributed by atoms with Crippen molar-refractivity contribution in [2.75, 3.05) is 25.5 Å². The van der Waals surface area contributed by atoms with E-state index in [2.05, 4.69) is 10.6 Å². The first-order valence-corrected chi connectivity index (χ1v) is 8.77. The summed E-state index contributed by atoms with van der Waals surface area (Å²) in [6.07, 6.45) is 2.48. The van der Waals surface area contributed by atoms with E-state index in [0.717, 1.165) is 37.2 Å². The Bertz CT molecular complexity index is 590. The lowest BCUT2D eigenvalue weighted by atomic mass is 10.0. The molecule has 24 heavy (non-hydrogen) atoms.